The summed E-state index contributed by atoms with van der Waals surface area (Å²) in [5.74, 6) is -0.275. The van der Waals surface area contributed by atoms with Gasteiger partial charge in [0, 0.05) is 25.3 Å². The molecule has 2 aromatic carbocycles. The first-order valence-electron chi connectivity index (χ1n) is 8.34. The molecule has 2 aromatic rings. The molecule has 0 spiro atoms. The molecule has 1 heterocycles. The summed E-state index contributed by atoms with van der Waals surface area (Å²) >= 11 is 0. The van der Waals surface area contributed by atoms with Crippen LogP contribution in [0.25, 0.3) is 0 Å². The van der Waals surface area contributed by atoms with E-state index in [-0.39, 0.29) is 17.8 Å². The average Bonchev–Trinajstić information content (AvgIpc) is 3.09. The van der Waals surface area contributed by atoms with Crippen LogP contribution in [0.3, 0.4) is 0 Å². The monoisotopic (exact) mass is 327 g/mol. The molecule has 0 N–H and O–H groups in total. The van der Waals surface area contributed by atoms with Crippen LogP contribution in [-0.4, -0.2) is 30.1 Å². The number of halogens is 1. The van der Waals surface area contributed by atoms with Gasteiger partial charge in [0.15, 0.2) is 0 Å². The van der Waals surface area contributed by atoms with Crippen LogP contribution < -0.4 is 0 Å². The highest BCUT2D eigenvalue weighted by molar-refractivity contribution is 5.95. The molecule has 1 aliphatic heterocycles. The minimum absolute atomic E-state index is 0.00655. The van der Waals surface area contributed by atoms with Crippen LogP contribution in [0.15, 0.2) is 48.5 Å². The largest absolute Gasteiger partial charge is 0.376 e. The maximum atomic E-state index is 13.1. The van der Waals surface area contributed by atoms with Crippen LogP contribution >= 0.6 is 0 Å². The number of amides is 1. The minimum Gasteiger partial charge on any atom is -0.376 e. The lowest BCUT2D eigenvalue weighted by molar-refractivity contribution is 0.0506. The van der Waals surface area contributed by atoms with Gasteiger partial charge in [-0.3, -0.25) is 4.79 Å². The van der Waals surface area contributed by atoms with Crippen molar-refractivity contribution in [3.8, 4) is 0 Å². The highest BCUT2D eigenvalue weighted by Gasteiger charge is 2.24. The van der Waals surface area contributed by atoms with Crippen LogP contribution in [0, 0.1) is 12.7 Å². The van der Waals surface area contributed by atoms with Crippen molar-refractivity contribution in [3.63, 3.8) is 0 Å². The van der Waals surface area contributed by atoms with Crippen molar-refractivity contribution in [1.29, 1.82) is 0 Å². The van der Waals surface area contributed by atoms with Crippen molar-refractivity contribution >= 4 is 5.91 Å². The van der Waals surface area contributed by atoms with Gasteiger partial charge in [-0.05, 0) is 49.1 Å². The van der Waals surface area contributed by atoms with Gasteiger partial charge in [-0.15, -0.1) is 0 Å². The first-order valence-corrected chi connectivity index (χ1v) is 8.34. The van der Waals surface area contributed by atoms with Gasteiger partial charge in [-0.1, -0.05) is 30.3 Å². The third-order valence-corrected chi connectivity index (χ3v) is 4.40. The molecule has 24 heavy (non-hydrogen) atoms. The van der Waals surface area contributed by atoms with E-state index in [4.69, 9.17) is 4.74 Å². The molecule has 1 amide bonds. The van der Waals surface area contributed by atoms with E-state index in [1.54, 1.807) is 12.1 Å². The fourth-order valence-electron chi connectivity index (χ4n) is 3.05. The standard InChI is InChI=1S/C20H22FNO2/c1-15-5-2-3-7-19(15)20(23)22(14-18-6-4-12-24-18)13-16-8-10-17(21)11-9-16/h2-3,5,7-11,18H,4,6,12-14H2,1H3. The van der Waals surface area contributed by atoms with Gasteiger partial charge in [-0.2, -0.15) is 0 Å². The Bertz CT molecular complexity index is 693. The number of nitrogens with zero attached hydrogens (tertiary/aromatic N) is 1. The van der Waals surface area contributed by atoms with Crippen LogP contribution in [0.4, 0.5) is 4.39 Å². The number of aryl methyl sites for hydroxylation is 1. The molecule has 1 atom stereocenters. The molecule has 1 saturated heterocycles. The van der Waals surface area contributed by atoms with Crippen molar-refractivity contribution in [1.82, 2.24) is 4.90 Å². The van der Waals surface area contributed by atoms with Crippen LogP contribution in [0.1, 0.15) is 34.3 Å². The lowest BCUT2D eigenvalue weighted by Crippen LogP contribution is -2.37. The predicted octanol–water partition coefficient (Wildman–Crippen LogP) is 3.96. The smallest absolute Gasteiger partial charge is 0.254 e. The fourth-order valence-corrected chi connectivity index (χ4v) is 3.05. The zero-order valence-electron chi connectivity index (χ0n) is 13.9. The molecular formula is C20H22FNO2. The molecule has 3 rings (SSSR count). The number of ether oxygens (including phenoxy) is 1. The van der Waals surface area contributed by atoms with E-state index in [9.17, 15) is 9.18 Å². The first-order chi connectivity index (χ1) is 11.6. The normalized spacial score (nSPS) is 17.0. The molecule has 0 saturated carbocycles. The first kappa shape index (κ1) is 16.7. The Morgan fingerprint density at radius 3 is 2.62 bits per heavy atom. The molecule has 3 nitrogen and oxygen atoms in total. The summed E-state index contributed by atoms with van der Waals surface area (Å²) in [6.45, 7) is 3.71. The van der Waals surface area contributed by atoms with Crippen molar-refractivity contribution in [2.45, 2.75) is 32.4 Å². The van der Waals surface area contributed by atoms with Gasteiger partial charge in [-0.25, -0.2) is 4.39 Å². The second kappa shape index (κ2) is 7.58. The maximum absolute atomic E-state index is 13.1. The molecule has 0 aliphatic carbocycles. The van der Waals surface area contributed by atoms with Crippen LogP contribution in [0.2, 0.25) is 0 Å². The van der Waals surface area contributed by atoms with E-state index >= 15 is 0 Å². The number of carbonyl (C=O) groups excluding carboxylic acids is 1. The SMILES string of the molecule is Cc1ccccc1C(=O)N(Cc1ccc(F)cc1)CC1CCCO1. The molecule has 1 fully saturated rings. The average molecular weight is 327 g/mol. The van der Waals surface area contributed by atoms with Gasteiger partial charge in [0.1, 0.15) is 5.82 Å². The van der Waals surface area contributed by atoms with Crippen molar-refractivity contribution in [3.05, 3.63) is 71.0 Å². The Hall–Kier alpha value is -2.20. The topological polar surface area (TPSA) is 29.5 Å². The lowest BCUT2D eigenvalue weighted by atomic mass is 10.1. The van der Waals surface area contributed by atoms with Crippen molar-refractivity contribution in [2.24, 2.45) is 0 Å². The Kier molecular flexibility index (Phi) is 5.26. The fraction of sp³-hybridized carbons (Fsp3) is 0.350. The molecule has 1 unspecified atom stereocenters. The summed E-state index contributed by atoms with van der Waals surface area (Å²) < 4.78 is 18.8. The van der Waals surface area contributed by atoms with Gasteiger partial charge in [0.05, 0.1) is 6.10 Å². The second-order valence-electron chi connectivity index (χ2n) is 6.26. The van der Waals surface area contributed by atoms with E-state index in [1.807, 2.05) is 36.1 Å². The Balaban J connectivity index is 1.81. The van der Waals surface area contributed by atoms with E-state index < -0.39 is 0 Å². The number of benzene rings is 2. The zero-order chi connectivity index (χ0) is 16.9. The quantitative estimate of drug-likeness (QED) is 0.832. The number of carbonyl (C=O) groups is 1. The van der Waals surface area contributed by atoms with Crippen molar-refractivity contribution < 1.29 is 13.9 Å². The minimum atomic E-state index is -0.269. The summed E-state index contributed by atoms with van der Waals surface area (Å²) in [4.78, 5) is 14.8. The van der Waals surface area contributed by atoms with Gasteiger partial charge >= 0.3 is 0 Å². The predicted molar refractivity (Wildman–Crippen MR) is 91.3 cm³/mol. The van der Waals surface area contributed by atoms with E-state index in [1.165, 1.54) is 12.1 Å². The van der Waals surface area contributed by atoms with E-state index in [2.05, 4.69) is 0 Å². The lowest BCUT2D eigenvalue weighted by Gasteiger charge is -2.26. The molecule has 4 heteroatoms. The summed E-state index contributed by atoms with van der Waals surface area (Å²) in [5.41, 5.74) is 2.58. The van der Waals surface area contributed by atoms with E-state index in [0.717, 1.165) is 30.6 Å². The zero-order valence-corrected chi connectivity index (χ0v) is 13.9. The number of hydrogen-bond donors (Lipinski definition) is 0. The van der Waals surface area contributed by atoms with Crippen molar-refractivity contribution in [2.75, 3.05) is 13.2 Å². The van der Waals surface area contributed by atoms with Gasteiger partial charge in [0.25, 0.3) is 5.91 Å². The Morgan fingerprint density at radius 1 is 1.21 bits per heavy atom. The summed E-state index contributed by atoms with van der Waals surface area (Å²) in [6, 6.07) is 13.9. The van der Waals surface area contributed by atoms with Gasteiger partial charge in [0.2, 0.25) is 0 Å². The van der Waals surface area contributed by atoms with Crippen LogP contribution in [-0.2, 0) is 11.3 Å². The Morgan fingerprint density at radius 2 is 1.96 bits per heavy atom. The molecule has 0 aromatic heterocycles. The molecular weight excluding hydrogens is 305 g/mol. The highest BCUT2D eigenvalue weighted by atomic mass is 19.1. The summed E-state index contributed by atoms with van der Waals surface area (Å²) in [6.07, 6.45) is 2.09. The van der Waals surface area contributed by atoms with Gasteiger partial charge < -0.3 is 9.64 Å². The molecule has 1 aliphatic rings. The van der Waals surface area contributed by atoms with E-state index in [0.29, 0.717) is 18.7 Å². The summed E-state index contributed by atoms with van der Waals surface area (Å²) in [7, 11) is 0. The highest BCUT2D eigenvalue weighted by Crippen LogP contribution is 2.19. The third-order valence-electron chi connectivity index (χ3n) is 4.40. The number of rotatable bonds is 5. The summed E-state index contributed by atoms with van der Waals surface area (Å²) in [5, 5.41) is 0. The third kappa shape index (κ3) is 4.01. The molecule has 0 radical (unpaired) electrons. The maximum Gasteiger partial charge on any atom is 0.254 e. The molecule has 126 valence electrons. The molecule has 0 bridgehead atoms. The van der Waals surface area contributed by atoms with Crippen LogP contribution in [0.5, 0.6) is 0 Å². The number of hydrogen-bond acceptors (Lipinski definition) is 2. The second-order valence-corrected chi connectivity index (χ2v) is 6.26. The Labute approximate surface area is 142 Å².